The molecule has 0 N–H and O–H groups in total. The fourth-order valence-electron chi connectivity index (χ4n) is 1.92. The summed E-state index contributed by atoms with van der Waals surface area (Å²) in [4.78, 5) is 0.334. The van der Waals surface area contributed by atoms with E-state index in [1.807, 2.05) is 6.07 Å². The number of benzene rings is 1. The second kappa shape index (κ2) is 4.45. The fourth-order valence-corrected chi connectivity index (χ4v) is 2.90. The van der Waals surface area contributed by atoms with Crippen molar-refractivity contribution >= 4 is 15.9 Å². The summed E-state index contributed by atoms with van der Waals surface area (Å²) in [5.74, 6) is 0.652. The van der Waals surface area contributed by atoms with Crippen molar-refractivity contribution in [2.75, 3.05) is 6.61 Å². The maximum Gasteiger partial charge on any atom is 0.0767 e. The van der Waals surface area contributed by atoms with Crippen LogP contribution in [0.5, 0.6) is 0 Å². The van der Waals surface area contributed by atoms with Gasteiger partial charge in [0, 0.05) is 6.61 Å². The lowest BCUT2D eigenvalue weighted by Crippen LogP contribution is -2.18. The Hall–Kier alpha value is -0.340. The number of hydrogen-bond acceptors (Lipinski definition) is 1. The van der Waals surface area contributed by atoms with E-state index >= 15 is 0 Å². The maximum atomic E-state index is 5.73. The molecule has 0 spiro atoms. The predicted molar refractivity (Wildman–Crippen MR) is 61.6 cm³/mol. The van der Waals surface area contributed by atoms with Gasteiger partial charge < -0.3 is 4.74 Å². The lowest BCUT2D eigenvalue weighted by molar-refractivity contribution is 0.0935. The number of hydrogen-bond donors (Lipinski definition) is 0. The molecule has 1 saturated heterocycles. The molecule has 76 valence electrons. The highest BCUT2D eigenvalue weighted by Crippen LogP contribution is 2.36. The standard InChI is InChI=1S/C12H15BrO/c1-9-7-8-14-12(9)11(13)10-5-3-2-4-6-10/h2-6,9,11-12H,7-8H2,1H3. The Kier molecular flexibility index (Phi) is 3.24. The molecule has 3 atom stereocenters. The zero-order chi connectivity index (χ0) is 9.97. The quantitative estimate of drug-likeness (QED) is 0.734. The van der Waals surface area contributed by atoms with Crippen LogP contribution in [-0.4, -0.2) is 12.7 Å². The average molecular weight is 255 g/mol. The number of halogens is 1. The van der Waals surface area contributed by atoms with E-state index in [9.17, 15) is 0 Å². The first kappa shape index (κ1) is 10.2. The summed E-state index contributed by atoms with van der Waals surface area (Å²) in [5, 5.41) is 0. The smallest absolute Gasteiger partial charge is 0.0767 e. The van der Waals surface area contributed by atoms with Gasteiger partial charge in [0.15, 0.2) is 0 Å². The second-order valence-corrected chi connectivity index (χ2v) is 4.90. The number of rotatable bonds is 2. The molecule has 0 bridgehead atoms. The highest BCUT2D eigenvalue weighted by Gasteiger charge is 2.31. The van der Waals surface area contributed by atoms with Crippen molar-refractivity contribution in [3.05, 3.63) is 35.9 Å². The molecule has 1 aliphatic heterocycles. The van der Waals surface area contributed by atoms with Crippen LogP contribution in [0.2, 0.25) is 0 Å². The van der Waals surface area contributed by atoms with Gasteiger partial charge in [-0.2, -0.15) is 0 Å². The molecule has 2 heteroatoms. The Morgan fingerprint density at radius 2 is 2.07 bits per heavy atom. The first-order valence-electron chi connectivity index (χ1n) is 5.09. The lowest BCUT2D eigenvalue weighted by atomic mass is 9.97. The van der Waals surface area contributed by atoms with Crippen LogP contribution >= 0.6 is 15.9 Å². The monoisotopic (exact) mass is 254 g/mol. The van der Waals surface area contributed by atoms with E-state index in [2.05, 4.69) is 47.1 Å². The molecule has 1 fully saturated rings. The summed E-state index contributed by atoms with van der Waals surface area (Å²) >= 11 is 3.73. The van der Waals surface area contributed by atoms with Gasteiger partial charge in [-0.05, 0) is 17.9 Å². The Morgan fingerprint density at radius 1 is 1.36 bits per heavy atom. The maximum absolute atomic E-state index is 5.73. The van der Waals surface area contributed by atoms with Crippen molar-refractivity contribution < 1.29 is 4.74 Å². The van der Waals surface area contributed by atoms with Crippen molar-refractivity contribution in [1.29, 1.82) is 0 Å². The normalized spacial score (nSPS) is 29.0. The van der Waals surface area contributed by atoms with Crippen molar-refractivity contribution in [3.63, 3.8) is 0 Å². The molecule has 3 unspecified atom stereocenters. The van der Waals surface area contributed by atoms with Crippen LogP contribution in [0.3, 0.4) is 0 Å². The molecule has 0 radical (unpaired) electrons. The topological polar surface area (TPSA) is 9.23 Å². The van der Waals surface area contributed by atoms with Crippen molar-refractivity contribution in [1.82, 2.24) is 0 Å². The molecule has 2 rings (SSSR count). The van der Waals surface area contributed by atoms with Crippen LogP contribution in [0.1, 0.15) is 23.7 Å². The van der Waals surface area contributed by atoms with Gasteiger partial charge in [0.2, 0.25) is 0 Å². The third kappa shape index (κ3) is 2.01. The summed E-state index contributed by atoms with van der Waals surface area (Å²) in [5.41, 5.74) is 1.31. The van der Waals surface area contributed by atoms with Gasteiger partial charge >= 0.3 is 0 Å². The van der Waals surface area contributed by atoms with Crippen LogP contribution < -0.4 is 0 Å². The van der Waals surface area contributed by atoms with Crippen LogP contribution in [0, 0.1) is 5.92 Å². The van der Waals surface area contributed by atoms with Gasteiger partial charge in [-0.25, -0.2) is 0 Å². The molecule has 0 aromatic heterocycles. The molecule has 1 aromatic rings. The second-order valence-electron chi connectivity index (χ2n) is 3.91. The number of alkyl halides is 1. The molecule has 1 aromatic carbocycles. The largest absolute Gasteiger partial charge is 0.376 e. The summed E-state index contributed by atoms with van der Waals surface area (Å²) in [7, 11) is 0. The summed E-state index contributed by atoms with van der Waals surface area (Å²) in [6, 6.07) is 10.5. The minimum absolute atomic E-state index is 0.331. The summed E-state index contributed by atoms with van der Waals surface area (Å²) in [6.45, 7) is 3.16. The zero-order valence-electron chi connectivity index (χ0n) is 8.32. The summed E-state index contributed by atoms with van der Waals surface area (Å²) < 4.78 is 5.73. The van der Waals surface area contributed by atoms with Crippen molar-refractivity contribution in [2.45, 2.75) is 24.3 Å². The van der Waals surface area contributed by atoms with Crippen LogP contribution in [0.15, 0.2) is 30.3 Å². The van der Waals surface area contributed by atoms with E-state index in [0.717, 1.165) is 6.61 Å². The predicted octanol–water partition coefficient (Wildman–Crippen LogP) is 3.55. The minimum Gasteiger partial charge on any atom is -0.376 e. The van der Waals surface area contributed by atoms with E-state index < -0.39 is 0 Å². The van der Waals surface area contributed by atoms with E-state index in [1.165, 1.54) is 12.0 Å². The molecule has 0 amide bonds. The first-order valence-corrected chi connectivity index (χ1v) is 6.01. The SMILES string of the molecule is CC1CCOC1C(Br)c1ccccc1. The highest BCUT2D eigenvalue weighted by molar-refractivity contribution is 9.09. The van der Waals surface area contributed by atoms with Gasteiger partial charge in [0.05, 0.1) is 10.9 Å². The Bertz CT molecular complexity index is 286. The van der Waals surface area contributed by atoms with E-state index in [-0.39, 0.29) is 0 Å². The van der Waals surface area contributed by atoms with Crippen LogP contribution in [0.25, 0.3) is 0 Å². The first-order chi connectivity index (χ1) is 6.79. The molecule has 1 aliphatic rings. The van der Waals surface area contributed by atoms with E-state index in [0.29, 0.717) is 16.8 Å². The zero-order valence-corrected chi connectivity index (χ0v) is 9.91. The fraction of sp³-hybridized carbons (Fsp3) is 0.500. The molecule has 0 aliphatic carbocycles. The van der Waals surface area contributed by atoms with Gasteiger partial charge in [0.25, 0.3) is 0 Å². The van der Waals surface area contributed by atoms with Crippen molar-refractivity contribution in [3.8, 4) is 0 Å². The minimum atomic E-state index is 0.331. The van der Waals surface area contributed by atoms with E-state index in [4.69, 9.17) is 4.74 Å². The highest BCUT2D eigenvalue weighted by atomic mass is 79.9. The van der Waals surface area contributed by atoms with Crippen molar-refractivity contribution in [2.24, 2.45) is 5.92 Å². The van der Waals surface area contributed by atoms with Crippen LogP contribution in [-0.2, 0) is 4.74 Å². The van der Waals surface area contributed by atoms with Gasteiger partial charge in [-0.15, -0.1) is 0 Å². The molecule has 1 nitrogen and oxygen atoms in total. The van der Waals surface area contributed by atoms with Gasteiger partial charge in [-0.3, -0.25) is 0 Å². The third-order valence-corrected chi connectivity index (χ3v) is 3.90. The van der Waals surface area contributed by atoms with Gasteiger partial charge in [0.1, 0.15) is 0 Å². The molecular formula is C12H15BrO. The Balaban J connectivity index is 2.12. The van der Waals surface area contributed by atoms with E-state index in [1.54, 1.807) is 0 Å². The molecule has 14 heavy (non-hydrogen) atoms. The van der Waals surface area contributed by atoms with Crippen LogP contribution in [0.4, 0.5) is 0 Å². The molecular weight excluding hydrogens is 240 g/mol. The molecule has 1 heterocycles. The van der Waals surface area contributed by atoms with Gasteiger partial charge in [-0.1, -0.05) is 53.2 Å². The Morgan fingerprint density at radius 3 is 2.64 bits per heavy atom. The third-order valence-electron chi connectivity index (χ3n) is 2.85. The lowest BCUT2D eigenvalue weighted by Gasteiger charge is -2.21. The number of ether oxygens (including phenoxy) is 1. The molecule has 0 saturated carbocycles. The summed E-state index contributed by atoms with van der Waals surface area (Å²) in [6.07, 6.45) is 1.51. The average Bonchev–Trinajstić information content (AvgIpc) is 2.65. The Labute approximate surface area is 93.6 Å².